The molecule has 0 bridgehead atoms. The third-order valence-electron chi connectivity index (χ3n) is 4.70. The summed E-state index contributed by atoms with van der Waals surface area (Å²) >= 11 is 0. The first-order valence-electron chi connectivity index (χ1n) is 9.81. The highest BCUT2D eigenvalue weighted by Crippen LogP contribution is 2.37. The van der Waals surface area contributed by atoms with Gasteiger partial charge >= 0.3 is 0 Å². The molecule has 0 aliphatic heterocycles. The molecule has 3 rings (SSSR count). The van der Waals surface area contributed by atoms with Crippen LogP contribution in [0.1, 0.15) is 46.2 Å². The van der Waals surface area contributed by atoms with Crippen molar-refractivity contribution in [2.24, 2.45) is 7.05 Å². The molecule has 0 fully saturated rings. The van der Waals surface area contributed by atoms with Crippen LogP contribution in [0.5, 0.6) is 11.5 Å². The highest BCUT2D eigenvalue weighted by molar-refractivity contribution is 6.07. The number of amides is 2. The summed E-state index contributed by atoms with van der Waals surface area (Å²) in [4.78, 5) is 25.5. The van der Waals surface area contributed by atoms with Gasteiger partial charge in [0.15, 0.2) is 0 Å². The summed E-state index contributed by atoms with van der Waals surface area (Å²) in [5.41, 5.74) is 2.55. The Bertz CT molecular complexity index is 1090. The molecule has 0 aliphatic carbocycles. The highest BCUT2D eigenvalue weighted by Gasteiger charge is 2.21. The molecule has 0 spiro atoms. The van der Waals surface area contributed by atoms with Crippen molar-refractivity contribution in [1.29, 1.82) is 0 Å². The minimum Gasteiger partial charge on any atom is -0.494 e. The van der Waals surface area contributed by atoms with E-state index in [1.165, 1.54) is 14.2 Å². The van der Waals surface area contributed by atoms with Gasteiger partial charge in [0, 0.05) is 30.9 Å². The number of aromatic nitrogens is 2. The highest BCUT2D eigenvalue weighted by atomic mass is 16.5. The summed E-state index contributed by atoms with van der Waals surface area (Å²) in [6.45, 7) is 3.96. The van der Waals surface area contributed by atoms with E-state index in [0.29, 0.717) is 39.7 Å². The Morgan fingerprint density at radius 3 is 2.00 bits per heavy atom. The summed E-state index contributed by atoms with van der Waals surface area (Å²) in [6, 6.07) is 12.1. The number of rotatable bonds is 7. The summed E-state index contributed by atoms with van der Waals surface area (Å²) in [5, 5.41) is 10.1. The van der Waals surface area contributed by atoms with Gasteiger partial charge in [-0.2, -0.15) is 5.10 Å². The van der Waals surface area contributed by atoms with Crippen molar-refractivity contribution in [2.45, 2.75) is 19.8 Å². The molecule has 0 saturated heterocycles. The predicted octanol–water partition coefficient (Wildman–Crippen LogP) is 4.07. The van der Waals surface area contributed by atoms with E-state index in [-0.39, 0.29) is 17.7 Å². The first-order valence-corrected chi connectivity index (χ1v) is 9.81. The van der Waals surface area contributed by atoms with Crippen LogP contribution in [0.25, 0.3) is 0 Å². The maximum Gasteiger partial charge on any atom is 0.259 e. The van der Waals surface area contributed by atoms with Gasteiger partial charge in [-0.05, 0) is 18.1 Å². The van der Waals surface area contributed by atoms with Crippen molar-refractivity contribution < 1.29 is 19.1 Å². The summed E-state index contributed by atoms with van der Waals surface area (Å²) in [6.07, 6.45) is 1.68. The minimum atomic E-state index is -0.307. The number of carbonyl (C=O) groups excluding carboxylic acids is 2. The maximum absolute atomic E-state index is 12.9. The molecule has 0 unspecified atom stereocenters. The second-order valence-electron chi connectivity index (χ2n) is 7.28. The lowest BCUT2D eigenvalue weighted by Crippen LogP contribution is -2.16. The molecule has 2 N–H and O–H groups in total. The van der Waals surface area contributed by atoms with Crippen LogP contribution in [0.2, 0.25) is 0 Å². The van der Waals surface area contributed by atoms with Crippen LogP contribution in [0.4, 0.5) is 11.4 Å². The van der Waals surface area contributed by atoms with Gasteiger partial charge in [0.05, 0.1) is 36.9 Å². The maximum atomic E-state index is 12.9. The van der Waals surface area contributed by atoms with Gasteiger partial charge in [-0.1, -0.05) is 32.0 Å². The number of hydrogen-bond donors (Lipinski definition) is 2. The van der Waals surface area contributed by atoms with Crippen LogP contribution in [0.3, 0.4) is 0 Å². The number of benzene rings is 2. The first-order chi connectivity index (χ1) is 14.8. The van der Waals surface area contributed by atoms with E-state index in [1.807, 2.05) is 19.9 Å². The quantitative estimate of drug-likeness (QED) is 0.599. The Labute approximate surface area is 181 Å². The second kappa shape index (κ2) is 9.34. The zero-order chi connectivity index (χ0) is 22.5. The zero-order valence-electron chi connectivity index (χ0n) is 18.2. The van der Waals surface area contributed by atoms with Crippen LogP contribution >= 0.6 is 0 Å². The summed E-state index contributed by atoms with van der Waals surface area (Å²) in [7, 11) is 4.75. The average molecular weight is 422 g/mol. The van der Waals surface area contributed by atoms with Crippen molar-refractivity contribution >= 4 is 23.2 Å². The van der Waals surface area contributed by atoms with Crippen molar-refractivity contribution in [1.82, 2.24) is 9.78 Å². The molecule has 1 heterocycles. The topological polar surface area (TPSA) is 94.5 Å². The number of aryl methyl sites for hydroxylation is 1. The van der Waals surface area contributed by atoms with Gasteiger partial charge in [-0.3, -0.25) is 14.3 Å². The van der Waals surface area contributed by atoms with Gasteiger partial charge < -0.3 is 20.1 Å². The number of ether oxygens (including phenoxy) is 2. The Kier molecular flexibility index (Phi) is 6.59. The third kappa shape index (κ3) is 4.85. The average Bonchev–Trinajstić information content (AvgIpc) is 3.17. The van der Waals surface area contributed by atoms with Gasteiger partial charge in [-0.15, -0.1) is 0 Å². The van der Waals surface area contributed by atoms with Crippen molar-refractivity contribution in [2.75, 3.05) is 24.9 Å². The molecule has 8 heteroatoms. The molecule has 1 aromatic heterocycles. The molecule has 2 aromatic carbocycles. The van der Waals surface area contributed by atoms with E-state index in [2.05, 4.69) is 15.7 Å². The lowest BCUT2D eigenvalue weighted by Gasteiger charge is -2.16. The van der Waals surface area contributed by atoms with Crippen LogP contribution < -0.4 is 20.1 Å². The predicted molar refractivity (Wildman–Crippen MR) is 119 cm³/mol. The Balaban J connectivity index is 1.90. The van der Waals surface area contributed by atoms with E-state index in [1.54, 1.807) is 54.3 Å². The molecule has 31 heavy (non-hydrogen) atoms. The zero-order valence-corrected chi connectivity index (χ0v) is 18.2. The number of anilines is 2. The summed E-state index contributed by atoms with van der Waals surface area (Å²) in [5.74, 6) is 0.269. The van der Waals surface area contributed by atoms with Crippen molar-refractivity contribution in [3.05, 3.63) is 65.5 Å². The third-order valence-corrected chi connectivity index (χ3v) is 4.70. The number of nitrogens with one attached hydrogen (secondary N) is 2. The van der Waals surface area contributed by atoms with Gasteiger partial charge in [0.2, 0.25) is 0 Å². The standard InChI is InChI=1S/C23H26N4O4/c1-14(2)21-16(13-27(3)26-21)23(29)25-18-12-19(30-4)17(11-20(18)31-5)24-22(28)15-9-7-6-8-10-15/h6-14H,1-5H3,(H,24,28)(H,25,29). The number of nitrogens with zero attached hydrogens (tertiary/aromatic N) is 2. The fraction of sp³-hybridized carbons (Fsp3) is 0.261. The number of hydrogen-bond acceptors (Lipinski definition) is 5. The molecule has 0 saturated carbocycles. The van der Waals surface area contributed by atoms with E-state index in [4.69, 9.17) is 9.47 Å². The van der Waals surface area contributed by atoms with E-state index < -0.39 is 0 Å². The van der Waals surface area contributed by atoms with Crippen molar-refractivity contribution in [3.8, 4) is 11.5 Å². The molecule has 8 nitrogen and oxygen atoms in total. The number of methoxy groups -OCH3 is 2. The SMILES string of the molecule is COc1cc(NC(=O)c2cn(C)nc2C(C)C)c(OC)cc1NC(=O)c1ccccc1. The molecule has 3 aromatic rings. The fourth-order valence-electron chi connectivity index (χ4n) is 3.17. The molecule has 0 atom stereocenters. The first kappa shape index (κ1) is 21.9. The normalized spacial score (nSPS) is 10.6. The van der Waals surface area contributed by atoms with Crippen LogP contribution in [-0.4, -0.2) is 35.8 Å². The molecular weight excluding hydrogens is 396 g/mol. The van der Waals surface area contributed by atoms with E-state index in [0.717, 1.165) is 0 Å². The van der Waals surface area contributed by atoms with Crippen LogP contribution in [-0.2, 0) is 7.05 Å². The largest absolute Gasteiger partial charge is 0.494 e. The monoisotopic (exact) mass is 422 g/mol. The van der Waals surface area contributed by atoms with Crippen LogP contribution in [0.15, 0.2) is 48.7 Å². The van der Waals surface area contributed by atoms with Crippen LogP contribution in [0, 0.1) is 0 Å². The van der Waals surface area contributed by atoms with E-state index in [9.17, 15) is 9.59 Å². The van der Waals surface area contributed by atoms with E-state index >= 15 is 0 Å². The lowest BCUT2D eigenvalue weighted by atomic mass is 10.1. The molecular formula is C23H26N4O4. The minimum absolute atomic E-state index is 0.0916. The molecule has 162 valence electrons. The second-order valence-corrected chi connectivity index (χ2v) is 7.28. The molecule has 0 aliphatic rings. The Morgan fingerprint density at radius 1 is 0.935 bits per heavy atom. The molecule has 2 amide bonds. The Morgan fingerprint density at radius 2 is 1.48 bits per heavy atom. The van der Waals surface area contributed by atoms with Crippen molar-refractivity contribution in [3.63, 3.8) is 0 Å². The fourth-order valence-corrected chi connectivity index (χ4v) is 3.17. The van der Waals surface area contributed by atoms with Gasteiger partial charge in [0.1, 0.15) is 11.5 Å². The smallest absolute Gasteiger partial charge is 0.259 e. The summed E-state index contributed by atoms with van der Waals surface area (Å²) < 4.78 is 12.5. The van der Waals surface area contributed by atoms with Gasteiger partial charge in [0.25, 0.3) is 11.8 Å². The van der Waals surface area contributed by atoms with Gasteiger partial charge in [-0.25, -0.2) is 0 Å². The molecule has 0 radical (unpaired) electrons. The lowest BCUT2D eigenvalue weighted by molar-refractivity contribution is 0.101. The Hall–Kier alpha value is -3.81. The number of carbonyl (C=O) groups is 2.